The molecular weight excluding hydrogens is 476 g/mol. The van der Waals surface area contributed by atoms with Crippen LogP contribution >= 0.6 is 0 Å². The molecule has 0 saturated heterocycles. The van der Waals surface area contributed by atoms with Gasteiger partial charge in [0.1, 0.15) is 18.2 Å². The molecular formula is C34H45F2NO. The fourth-order valence-electron chi connectivity index (χ4n) is 7.20. The summed E-state index contributed by atoms with van der Waals surface area (Å²) in [4.78, 5) is 4.59. The summed E-state index contributed by atoms with van der Waals surface area (Å²) in [6.45, 7) is 6.86. The molecule has 4 atom stereocenters. The molecule has 5 rings (SSSR count). The van der Waals surface area contributed by atoms with Gasteiger partial charge >= 0.3 is 0 Å². The van der Waals surface area contributed by atoms with E-state index in [0.717, 1.165) is 35.8 Å². The lowest BCUT2D eigenvalue weighted by Crippen LogP contribution is -2.30. The van der Waals surface area contributed by atoms with E-state index in [9.17, 15) is 0 Å². The van der Waals surface area contributed by atoms with E-state index in [1.165, 1.54) is 64.2 Å². The maximum absolute atomic E-state index is 15.3. The van der Waals surface area contributed by atoms with E-state index in [0.29, 0.717) is 24.0 Å². The fraction of sp³-hybridized carbons (Fsp3) is 0.618. The van der Waals surface area contributed by atoms with Crippen molar-refractivity contribution in [2.24, 2.45) is 22.7 Å². The van der Waals surface area contributed by atoms with Crippen molar-refractivity contribution in [3.05, 3.63) is 59.2 Å². The minimum Gasteiger partial charge on any atom is -0.475 e. The maximum atomic E-state index is 15.3. The average Bonchev–Trinajstić information content (AvgIpc) is 3.27. The summed E-state index contributed by atoms with van der Waals surface area (Å²) >= 11 is 0. The number of halogens is 2. The van der Waals surface area contributed by atoms with Crippen LogP contribution < -0.4 is 0 Å². The second-order valence-corrected chi connectivity index (χ2v) is 12.9. The number of benzene rings is 2. The highest BCUT2D eigenvalue weighted by molar-refractivity contribution is 5.95. The normalized spacial score (nSPS) is 26.5. The lowest BCUT2D eigenvalue weighted by atomic mass is 9.63. The summed E-state index contributed by atoms with van der Waals surface area (Å²) in [5, 5.41) is 0. The Morgan fingerprint density at radius 1 is 0.842 bits per heavy atom. The molecule has 1 heterocycles. The zero-order valence-electron chi connectivity index (χ0n) is 23.6. The molecule has 0 aromatic heterocycles. The maximum Gasteiger partial charge on any atom is 0.216 e. The number of aliphatic imine (C=N–C) groups is 1. The van der Waals surface area contributed by atoms with Gasteiger partial charge in [-0.25, -0.2) is 13.8 Å². The first-order valence-electron chi connectivity index (χ1n) is 15.2. The Labute approximate surface area is 228 Å². The first kappa shape index (κ1) is 27.3. The third kappa shape index (κ3) is 6.32. The molecule has 206 valence electrons. The molecule has 0 bridgehead atoms. The van der Waals surface area contributed by atoms with E-state index in [2.05, 4.69) is 11.9 Å². The molecule has 2 aromatic rings. The number of hydrogen-bond acceptors (Lipinski definition) is 2. The standard InChI is InChI=1S/C34H45F2NO/c1-4-5-6-7-8-9-23-10-11-27-19-28(17-16-26(27)18-23)29-20-30(35)32(31(36)21-29)24-12-14-25(15-13-24)33-37-34(2,3)22-38-33/h12-15,20-21,23,26-28H,4-11,16-19,22H2,1-3H3. The van der Waals surface area contributed by atoms with Gasteiger partial charge in [-0.3, -0.25) is 0 Å². The highest BCUT2D eigenvalue weighted by atomic mass is 19.1. The summed E-state index contributed by atoms with van der Waals surface area (Å²) in [5.41, 5.74) is 2.04. The van der Waals surface area contributed by atoms with Crippen molar-refractivity contribution in [1.82, 2.24) is 0 Å². The summed E-state index contributed by atoms with van der Waals surface area (Å²) in [7, 11) is 0. The van der Waals surface area contributed by atoms with Crippen LogP contribution in [0.3, 0.4) is 0 Å². The van der Waals surface area contributed by atoms with Crippen molar-refractivity contribution in [1.29, 1.82) is 0 Å². The molecule has 1 aliphatic heterocycles. The second kappa shape index (κ2) is 11.9. The topological polar surface area (TPSA) is 21.6 Å². The Kier molecular flexibility index (Phi) is 8.55. The first-order chi connectivity index (χ1) is 18.3. The molecule has 2 fully saturated rings. The van der Waals surface area contributed by atoms with Crippen LogP contribution in [-0.4, -0.2) is 18.0 Å². The number of unbranched alkanes of at least 4 members (excludes halogenated alkanes) is 4. The average molecular weight is 522 g/mol. The van der Waals surface area contributed by atoms with Crippen molar-refractivity contribution in [2.75, 3.05) is 6.61 Å². The Balaban J connectivity index is 1.20. The molecule has 2 aliphatic carbocycles. The third-order valence-electron chi connectivity index (χ3n) is 9.36. The SMILES string of the molecule is CCCCCCCC1CCC2CC(c3cc(F)c(-c4ccc(C5=NC(C)(C)CO5)cc4)c(F)c3)CCC2C1. The Morgan fingerprint density at radius 3 is 2.18 bits per heavy atom. The van der Waals surface area contributed by atoms with Crippen LogP contribution in [0.4, 0.5) is 8.78 Å². The third-order valence-corrected chi connectivity index (χ3v) is 9.36. The number of rotatable bonds is 9. The number of nitrogens with zero attached hydrogens (tertiary/aromatic N) is 1. The van der Waals surface area contributed by atoms with E-state index < -0.39 is 11.6 Å². The number of fused-ring (bicyclic) bond motifs is 1. The zero-order valence-corrected chi connectivity index (χ0v) is 23.6. The number of hydrogen-bond donors (Lipinski definition) is 0. The number of ether oxygens (including phenoxy) is 1. The van der Waals surface area contributed by atoms with E-state index in [1.54, 1.807) is 24.3 Å². The van der Waals surface area contributed by atoms with Gasteiger partial charge in [0.25, 0.3) is 0 Å². The van der Waals surface area contributed by atoms with Gasteiger partial charge < -0.3 is 4.74 Å². The lowest BCUT2D eigenvalue weighted by molar-refractivity contribution is 0.113. The molecule has 2 saturated carbocycles. The molecule has 0 N–H and O–H groups in total. The summed E-state index contributed by atoms with van der Waals surface area (Å²) in [6, 6.07) is 10.4. The van der Waals surface area contributed by atoms with E-state index in [-0.39, 0.29) is 17.0 Å². The second-order valence-electron chi connectivity index (χ2n) is 12.9. The van der Waals surface area contributed by atoms with E-state index >= 15 is 8.78 Å². The first-order valence-corrected chi connectivity index (χ1v) is 15.2. The Bertz CT molecular complexity index is 1100. The lowest BCUT2D eigenvalue weighted by Gasteiger charge is -2.42. The van der Waals surface area contributed by atoms with Gasteiger partial charge in [-0.2, -0.15) is 0 Å². The van der Waals surface area contributed by atoms with Crippen molar-refractivity contribution < 1.29 is 13.5 Å². The molecule has 2 nitrogen and oxygen atoms in total. The van der Waals surface area contributed by atoms with Crippen molar-refractivity contribution >= 4 is 5.90 Å². The Hall–Kier alpha value is -2.23. The van der Waals surface area contributed by atoms with Crippen molar-refractivity contribution in [2.45, 2.75) is 109 Å². The van der Waals surface area contributed by atoms with Crippen molar-refractivity contribution in [3.8, 4) is 11.1 Å². The van der Waals surface area contributed by atoms with E-state index in [4.69, 9.17) is 4.74 Å². The van der Waals surface area contributed by atoms with E-state index in [1.807, 2.05) is 26.0 Å². The zero-order chi connectivity index (χ0) is 26.7. The van der Waals surface area contributed by atoms with Gasteiger partial charge in [-0.15, -0.1) is 0 Å². The Morgan fingerprint density at radius 2 is 1.50 bits per heavy atom. The van der Waals surface area contributed by atoms with Crippen LogP contribution in [0, 0.1) is 29.4 Å². The predicted molar refractivity (Wildman–Crippen MR) is 153 cm³/mol. The molecule has 38 heavy (non-hydrogen) atoms. The van der Waals surface area contributed by atoms with Gasteiger partial charge in [-0.05, 0) is 105 Å². The fourth-order valence-corrected chi connectivity index (χ4v) is 7.20. The molecule has 4 heteroatoms. The molecule has 2 aromatic carbocycles. The van der Waals surface area contributed by atoms with Crippen LogP contribution in [-0.2, 0) is 4.74 Å². The molecule has 3 aliphatic rings. The van der Waals surface area contributed by atoms with Crippen LogP contribution in [0.5, 0.6) is 0 Å². The summed E-state index contributed by atoms with van der Waals surface area (Å²) < 4.78 is 36.4. The molecule has 0 radical (unpaired) electrons. The minimum atomic E-state index is -0.461. The largest absolute Gasteiger partial charge is 0.475 e. The van der Waals surface area contributed by atoms with Crippen molar-refractivity contribution in [3.63, 3.8) is 0 Å². The molecule has 0 spiro atoms. The molecule has 4 unspecified atom stereocenters. The quantitative estimate of drug-likeness (QED) is 0.301. The summed E-state index contributed by atoms with van der Waals surface area (Å²) in [5.74, 6) is 2.36. The van der Waals surface area contributed by atoms with Crippen LogP contribution in [0.15, 0.2) is 41.4 Å². The minimum absolute atomic E-state index is 0.0584. The van der Waals surface area contributed by atoms with Gasteiger partial charge in [0, 0.05) is 5.56 Å². The van der Waals surface area contributed by atoms with Crippen LogP contribution in [0.25, 0.3) is 11.1 Å². The van der Waals surface area contributed by atoms with Gasteiger partial charge in [-0.1, -0.05) is 64.0 Å². The van der Waals surface area contributed by atoms with Crippen LogP contribution in [0.1, 0.15) is 115 Å². The van der Waals surface area contributed by atoms with Gasteiger partial charge in [0.15, 0.2) is 0 Å². The highest BCUT2D eigenvalue weighted by Crippen LogP contribution is 2.49. The highest BCUT2D eigenvalue weighted by Gasteiger charge is 2.36. The summed E-state index contributed by atoms with van der Waals surface area (Å²) in [6.07, 6.45) is 15.6. The smallest absolute Gasteiger partial charge is 0.216 e. The monoisotopic (exact) mass is 521 g/mol. The van der Waals surface area contributed by atoms with Gasteiger partial charge in [0.2, 0.25) is 5.90 Å². The predicted octanol–water partition coefficient (Wildman–Crippen LogP) is 9.85. The van der Waals surface area contributed by atoms with Gasteiger partial charge in [0.05, 0.1) is 11.1 Å². The van der Waals surface area contributed by atoms with Crippen LogP contribution in [0.2, 0.25) is 0 Å². The molecule has 0 amide bonds.